The maximum absolute atomic E-state index is 13.9. The van der Waals surface area contributed by atoms with Gasteiger partial charge < -0.3 is 20.3 Å². The van der Waals surface area contributed by atoms with Crippen LogP contribution in [0.3, 0.4) is 0 Å². The Morgan fingerprint density at radius 2 is 1.72 bits per heavy atom. The first-order valence-electron chi connectivity index (χ1n) is 13.3. The Hall–Kier alpha value is -2.94. The molecule has 2 N–H and O–H groups in total. The fraction of sp³-hybridized carbons (Fsp3) is 0.290. The second kappa shape index (κ2) is 15.2. The number of aliphatic carboxylic acids is 2. The van der Waals surface area contributed by atoms with E-state index in [4.69, 9.17) is 39.9 Å². The van der Waals surface area contributed by atoms with Crippen LogP contribution in [0.2, 0.25) is 15.1 Å². The number of benzene rings is 3. The van der Waals surface area contributed by atoms with Gasteiger partial charge in [0.15, 0.2) is 0 Å². The van der Waals surface area contributed by atoms with Gasteiger partial charge in [0.2, 0.25) is 0 Å². The number of rotatable bonds is 11. The van der Waals surface area contributed by atoms with E-state index in [1.807, 2.05) is 13.0 Å². The van der Waals surface area contributed by atoms with Gasteiger partial charge >= 0.3 is 11.9 Å². The predicted octanol–water partition coefficient (Wildman–Crippen LogP) is 7.39. The van der Waals surface area contributed by atoms with Crippen molar-refractivity contribution >= 4 is 64.0 Å². The Bertz CT molecular complexity index is 1520. The third kappa shape index (κ3) is 8.58. The van der Waals surface area contributed by atoms with E-state index in [2.05, 4.69) is 15.2 Å². The minimum Gasteiger partial charge on any atom is -0.625 e. The molecule has 43 heavy (non-hydrogen) atoms. The van der Waals surface area contributed by atoms with Crippen LogP contribution in [0.1, 0.15) is 49.3 Å². The number of nitrogens with zero attached hydrogens (tertiary/aromatic N) is 3. The molecule has 230 valence electrons. The number of hydrogen-bond acceptors (Lipinski definition) is 5. The summed E-state index contributed by atoms with van der Waals surface area (Å²) in [5.41, 5.74) is 1.46. The monoisotopic (exact) mass is 686 g/mol. The molecular weight excluding hydrogens is 659 g/mol. The van der Waals surface area contributed by atoms with Crippen LogP contribution in [-0.4, -0.2) is 56.8 Å². The molecule has 0 bridgehead atoms. The summed E-state index contributed by atoms with van der Waals surface area (Å²) in [4.78, 5) is 43.7. The molecule has 4 rings (SSSR count). The summed E-state index contributed by atoms with van der Waals surface area (Å²) >= 11 is 18.7. The van der Waals surface area contributed by atoms with Crippen LogP contribution in [-0.2, 0) is 37.4 Å². The second-order valence-corrected chi connectivity index (χ2v) is 11.5. The maximum Gasteiger partial charge on any atom is 0.328 e. The van der Waals surface area contributed by atoms with Crippen molar-refractivity contribution in [2.45, 2.75) is 50.7 Å². The zero-order chi connectivity index (χ0) is 30.4. The molecule has 1 fully saturated rings. The van der Waals surface area contributed by atoms with Gasteiger partial charge in [0.25, 0.3) is 0 Å². The van der Waals surface area contributed by atoms with Gasteiger partial charge in [-0.05, 0) is 68.1 Å². The Morgan fingerprint density at radius 1 is 1.00 bits per heavy atom. The molecule has 1 aliphatic heterocycles. The summed E-state index contributed by atoms with van der Waals surface area (Å²) < 4.78 is 0. The smallest absolute Gasteiger partial charge is 0.328 e. The van der Waals surface area contributed by atoms with Crippen molar-refractivity contribution in [2.75, 3.05) is 6.54 Å². The summed E-state index contributed by atoms with van der Waals surface area (Å²) in [5.74, 6) is -2.76. The van der Waals surface area contributed by atoms with Crippen LogP contribution in [0.15, 0.2) is 71.7 Å². The van der Waals surface area contributed by atoms with Gasteiger partial charge in [-0.2, -0.15) is 0 Å². The largest absolute Gasteiger partial charge is 0.625 e. The average molecular weight is 689 g/mol. The number of carbonyl (C=O) groups excluding carboxylic acids is 1. The van der Waals surface area contributed by atoms with E-state index in [1.54, 1.807) is 60.7 Å². The van der Waals surface area contributed by atoms with Gasteiger partial charge in [0.05, 0.1) is 27.2 Å². The van der Waals surface area contributed by atoms with Crippen LogP contribution < -0.4 is 0 Å². The second-order valence-electron chi connectivity index (χ2n) is 10.3. The Morgan fingerprint density at radius 3 is 2.37 bits per heavy atom. The molecule has 1 aliphatic rings. The van der Waals surface area contributed by atoms with Crippen molar-refractivity contribution in [3.8, 4) is 0 Å². The zero-order valence-corrected chi connectivity index (χ0v) is 26.3. The molecular formula is C31H29Cl3N3NiO5-. The molecule has 0 unspecified atom stereocenters. The zero-order valence-electron chi connectivity index (χ0n) is 23.1. The minimum absolute atomic E-state index is 0. The minimum atomic E-state index is -1.34. The molecule has 1 heterocycles. The molecule has 0 saturated carbocycles. The standard InChI is InChI=1S/C31H30Cl3N3O5.Ni/c1-31(14-5-15-37(31)18-19-8-10-23(33)24(34)16-19)30(42)36-25-11-9-21(32)17-22(25)28(20-6-3-2-4-7-20)35-26(29(40)41)12-13-27(38)39;/h2-4,6-11,16-17,26H,5,12-15,18H2,1H3,(H3,35,36,38,39,40,41,42);/p-1/t26-,31+;/m1./s1. The summed E-state index contributed by atoms with van der Waals surface area (Å²) in [5, 5.41) is 24.7. The third-order valence-electron chi connectivity index (χ3n) is 7.29. The number of likely N-dealkylation sites (tertiary alicyclic amines) is 1. The molecule has 0 radical (unpaired) electrons. The van der Waals surface area contributed by atoms with E-state index >= 15 is 0 Å². The number of carbonyl (C=O) groups is 3. The van der Waals surface area contributed by atoms with Gasteiger partial charge in [-0.1, -0.05) is 77.3 Å². The van der Waals surface area contributed by atoms with E-state index in [0.29, 0.717) is 45.7 Å². The number of carboxylic acid groups (broad SMARTS) is 2. The van der Waals surface area contributed by atoms with Crippen molar-refractivity contribution in [1.29, 1.82) is 0 Å². The van der Waals surface area contributed by atoms with Gasteiger partial charge in [-0.25, -0.2) is 4.79 Å². The fourth-order valence-electron chi connectivity index (χ4n) is 4.95. The quantitative estimate of drug-likeness (QED) is 0.160. The summed E-state index contributed by atoms with van der Waals surface area (Å²) in [7, 11) is 0. The predicted molar refractivity (Wildman–Crippen MR) is 164 cm³/mol. The molecule has 3 aromatic rings. The third-order valence-corrected chi connectivity index (χ3v) is 8.27. The first kappa shape index (κ1) is 34.6. The van der Waals surface area contributed by atoms with Crippen molar-refractivity contribution < 1.29 is 41.1 Å². The van der Waals surface area contributed by atoms with Crippen molar-refractivity contribution in [1.82, 2.24) is 4.90 Å². The van der Waals surface area contributed by atoms with E-state index in [0.717, 1.165) is 12.0 Å². The Labute approximate surface area is 275 Å². The normalized spacial score (nSPS) is 17.6. The van der Waals surface area contributed by atoms with Crippen molar-refractivity contribution in [2.24, 2.45) is 4.99 Å². The average Bonchev–Trinajstić information content (AvgIpc) is 3.33. The molecule has 0 aliphatic carbocycles. The van der Waals surface area contributed by atoms with E-state index in [9.17, 15) is 19.5 Å². The fourth-order valence-corrected chi connectivity index (χ4v) is 5.45. The Kier molecular flexibility index (Phi) is 12.2. The first-order chi connectivity index (χ1) is 20.0. The van der Waals surface area contributed by atoms with Gasteiger partial charge in [-0.15, -0.1) is 5.69 Å². The molecule has 8 nitrogen and oxygen atoms in total. The molecule has 1 amide bonds. The number of hydrogen-bond donors (Lipinski definition) is 2. The molecule has 0 spiro atoms. The molecule has 3 aromatic carbocycles. The number of carboxylic acids is 2. The molecule has 0 aromatic heterocycles. The van der Waals surface area contributed by atoms with Gasteiger partial charge in [0, 0.05) is 40.0 Å². The summed E-state index contributed by atoms with van der Waals surface area (Å²) in [6, 6.07) is 17.7. The molecule has 2 atom stereocenters. The van der Waals surface area contributed by atoms with Crippen molar-refractivity contribution in [3.05, 3.63) is 104 Å². The summed E-state index contributed by atoms with van der Waals surface area (Å²) in [6.45, 7) is 3.02. The van der Waals surface area contributed by atoms with Crippen LogP contribution in [0.5, 0.6) is 0 Å². The molecule has 1 saturated heterocycles. The SMILES string of the molecule is C[C@@]1(C(=O)[N-]c2ccc(Cl)cc2C(=N[C@H](CCC(=O)O)C(=O)O)c2ccccc2)CCCN1Cc1ccc(Cl)c(Cl)c1.[Ni]. The van der Waals surface area contributed by atoms with Crippen LogP contribution in [0.25, 0.3) is 5.32 Å². The van der Waals surface area contributed by atoms with Gasteiger partial charge in [-0.3, -0.25) is 14.7 Å². The number of halogens is 3. The maximum atomic E-state index is 13.9. The Balaban J connectivity index is 0.00000506. The van der Waals surface area contributed by atoms with Crippen molar-refractivity contribution in [3.63, 3.8) is 0 Å². The topological polar surface area (TPSA) is 121 Å². The first-order valence-corrected chi connectivity index (χ1v) is 14.4. The molecule has 12 heteroatoms. The van der Waals surface area contributed by atoms with Crippen LogP contribution in [0.4, 0.5) is 5.69 Å². The summed E-state index contributed by atoms with van der Waals surface area (Å²) in [6.07, 6.45) is 0.804. The number of aliphatic imine (C=N–C) groups is 1. The van der Waals surface area contributed by atoms with Gasteiger partial charge in [0.1, 0.15) is 6.04 Å². The van der Waals surface area contributed by atoms with Crippen LogP contribution >= 0.6 is 34.8 Å². The van der Waals surface area contributed by atoms with E-state index < -0.39 is 23.5 Å². The van der Waals surface area contributed by atoms with Crippen LogP contribution in [0, 0.1) is 0 Å². The number of amides is 1. The van der Waals surface area contributed by atoms with E-state index in [1.165, 1.54) is 0 Å². The van der Waals surface area contributed by atoms with E-state index in [-0.39, 0.29) is 46.6 Å².